The molecule has 2 aromatic carbocycles. The normalized spacial score (nSPS) is 10.2. The van der Waals surface area contributed by atoms with Crippen LogP contribution in [0.4, 0.5) is 4.79 Å². The first-order valence-corrected chi connectivity index (χ1v) is 7.39. The molecule has 0 saturated heterocycles. The smallest absolute Gasteiger partial charge is 0.409 e. The average Bonchev–Trinajstić information content (AvgIpc) is 2.54. The van der Waals surface area contributed by atoms with Crippen LogP contribution in [-0.2, 0) is 12.8 Å². The Labute approximate surface area is 136 Å². The molecule has 0 radical (unpaired) electrons. The Bertz CT molecular complexity index is 670. The van der Waals surface area contributed by atoms with E-state index in [0.717, 1.165) is 36.3 Å². The zero-order valence-corrected chi connectivity index (χ0v) is 13.4. The van der Waals surface area contributed by atoms with Gasteiger partial charge in [0.05, 0.1) is 14.2 Å². The third-order valence-corrected chi connectivity index (χ3v) is 3.50. The van der Waals surface area contributed by atoms with Gasteiger partial charge in [-0.05, 0) is 54.7 Å². The van der Waals surface area contributed by atoms with Crippen LogP contribution in [0.3, 0.4) is 0 Å². The number of ether oxygens (including phenoxy) is 3. The molecular weight excluding hydrogens is 294 g/mol. The van der Waals surface area contributed by atoms with Crippen LogP contribution >= 0.6 is 0 Å². The quantitative estimate of drug-likeness (QED) is 0.850. The molecular formula is C18H21NO4. The zero-order valence-electron chi connectivity index (χ0n) is 13.4. The van der Waals surface area contributed by atoms with Crippen LogP contribution in [0.5, 0.6) is 17.2 Å². The van der Waals surface area contributed by atoms with Gasteiger partial charge in [0.25, 0.3) is 0 Å². The first kappa shape index (κ1) is 16.7. The number of amides is 1. The van der Waals surface area contributed by atoms with E-state index in [9.17, 15) is 4.79 Å². The van der Waals surface area contributed by atoms with E-state index in [0.29, 0.717) is 5.75 Å². The van der Waals surface area contributed by atoms with E-state index in [1.807, 2.05) is 36.4 Å². The number of carbonyl (C=O) groups excluding carboxylic acids is 1. The first-order valence-electron chi connectivity index (χ1n) is 7.39. The summed E-state index contributed by atoms with van der Waals surface area (Å²) in [5.41, 5.74) is 7.31. The van der Waals surface area contributed by atoms with Crippen molar-refractivity contribution in [3.8, 4) is 17.2 Å². The molecule has 0 aromatic heterocycles. The molecule has 5 nitrogen and oxygen atoms in total. The van der Waals surface area contributed by atoms with Crippen molar-refractivity contribution in [2.24, 2.45) is 5.73 Å². The Morgan fingerprint density at radius 2 is 1.65 bits per heavy atom. The van der Waals surface area contributed by atoms with Crippen molar-refractivity contribution in [2.75, 3.05) is 14.2 Å². The van der Waals surface area contributed by atoms with Crippen molar-refractivity contribution < 1.29 is 19.0 Å². The number of benzene rings is 2. The third kappa shape index (κ3) is 4.92. The monoisotopic (exact) mass is 315 g/mol. The second-order valence-electron chi connectivity index (χ2n) is 5.11. The maximum Gasteiger partial charge on any atom is 0.409 e. The molecule has 0 unspecified atom stereocenters. The second-order valence-corrected chi connectivity index (χ2v) is 5.11. The maximum atomic E-state index is 10.8. The highest BCUT2D eigenvalue weighted by Crippen LogP contribution is 2.28. The molecule has 0 aliphatic carbocycles. The Balaban J connectivity index is 1.93. The van der Waals surface area contributed by atoms with Gasteiger partial charge in [-0.1, -0.05) is 18.2 Å². The van der Waals surface area contributed by atoms with Crippen LogP contribution in [0.1, 0.15) is 17.5 Å². The number of methoxy groups -OCH3 is 2. The van der Waals surface area contributed by atoms with Gasteiger partial charge < -0.3 is 19.9 Å². The van der Waals surface area contributed by atoms with Crippen LogP contribution in [-0.4, -0.2) is 20.3 Å². The topological polar surface area (TPSA) is 70.8 Å². The number of nitrogens with two attached hydrogens (primary N) is 1. The molecule has 0 saturated carbocycles. The van der Waals surface area contributed by atoms with E-state index >= 15 is 0 Å². The largest absolute Gasteiger partial charge is 0.493 e. The second kappa shape index (κ2) is 8.08. The van der Waals surface area contributed by atoms with Gasteiger partial charge in [-0.3, -0.25) is 0 Å². The summed E-state index contributed by atoms with van der Waals surface area (Å²) >= 11 is 0. The van der Waals surface area contributed by atoms with Crippen molar-refractivity contribution in [2.45, 2.75) is 19.3 Å². The number of carbonyl (C=O) groups is 1. The third-order valence-electron chi connectivity index (χ3n) is 3.50. The van der Waals surface area contributed by atoms with Gasteiger partial charge >= 0.3 is 6.09 Å². The fourth-order valence-corrected chi connectivity index (χ4v) is 2.41. The van der Waals surface area contributed by atoms with Crippen LogP contribution in [0.2, 0.25) is 0 Å². The lowest BCUT2D eigenvalue weighted by atomic mass is 10.0. The minimum atomic E-state index is -0.799. The molecule has 0 atom stereocenters. The molecule has 1 amide bonds. The van der Waals surface area contributed by atoms with E-state index in [1.165, 1.54) is 5.56 Å². The molecule has 122 valence electrons. The summed E-state index contributed by atoms with van der Waals surface area (Å²) in [6.07, 6.45) is 1.97. The fourth-order valence-electron chi connectivity index (χ4n) is 2.41. The first-order chi connectivity index (χ1) is 11.1. The Morgan fingerprint density at radius 1 is 0.957 bits per heavy atom. The highest BCUT2D eigenvalue weighted by Gasteiger charge is 2.05. The lowest BCUT2D eigenvalue weighted by molar-refractivity contribution is 0.211. The van der Waals surface area contributed by atoms with Gasteiger partial charge in [0.1, 0.15) is 5.75 Å². The van der Waals surface area contributed by atoms with Gasteiger partial charge in [0, 0.05) is 0 Å². The molecule has 0 aliphatic rings. The van der Waals surface area contributed by atoms with Gasteiger partial charge in [-0.2, -0.15) is 0 Å². The van der Waals surface area contributed by atoms with E-state index in [2.05, 4.69) is 0 Å². The summed E-state index contributed by atoms with van der Waals surface area (Å²) in [6.45, 7) is 0. The lowest BCUT2D eigenvalue weighted by Gasteiger charge is -2.10. The van der Waals surface area contributed by atoms with Gasteiger partial charge in [-0.15, -0.1) is 0 Å². The number of rotatable bonds is 7. The number of hydrogen-bond donors (Lipinski definition) is 1. The number of hydrogen-bond acceptors (Lipinski definition) is 4. The summed E-state index contributed by atoms with van der Waals surface area (Å²) in [6, 6.07) is 13.3. The van der Waals surface area contributed by atoms with Gasteiger partial charge in [0.2, 0.25) is 0 Å². The van der Waals surface area contributed by atoms with Crippen LogP contribution < -0.4 is 19.9 Å². The zero-order chi connectivity index (χ0) is 16.7. The predicted octanol–water partition coefficient (Wildman–Crippen LogP) is 3.34. The highest BCUT2D eigenvalue weighted by atomic mass is 16.5. The number of primary amides is 1. The van der Waals surface area contributed by atoms with Gasteiger partial charge in [-0.25, -0.2) is 4.79 Å². The summed E-state index contributed by atoms with van der Waals surface area (Å²) in [5, 5.41) is 0. The summed E-state index contributed by atoms with van der Waals surface area (Å²) in [5.74, 6) is 1.94. The highest BCUT2D eigenvalue weighted by molar-refractivity contribution is 5.68. The Kier molecular flexibility index (Phi) is 5.86. The van der Waals surface area contributed by atoms with Crippen LogP contribution in [0.25, 0.3) is 0 Å². The number of aryl methyl sites for hydroxylation is 2. The predicted molar refractivity (Wildman–Crippen MR) is 88.2 cm³/mol. The van der Waals surface area contributed by atoms with Crippen LogP contribution in [0.15, 0.2) is 42.5 Å². The minimum Gasteiger partial charge on any atom is -0.493 e. The SMILES string of the molecule is COc1ccc(CCCc2cccc(OC(N)=O)c2)cc1OC. The van der Waals surface area contributed by atoms with Crippen LogP contribution in [0, 0.1) is 0 Å². The molecule has 5 heteroatoms. The lowest BCUT2D eigenvalue weighted by Crippen LogP contribution is -2.16. The molecule has 0 aliphatic heterocycles. The maximum absolute atomic E-state index is 10.8. The fraction of sp³-hybridized carbons (Fsp3) is 0.278. The summed E-state index contributed by atoms with van der Waals surface area (Å²) in [4.78, 5) is 10.8. The van der Waals surface area contributed by atoms with Crippen molar-refractivity contribution in [1.82, 2.24) is 0 Å². The molecule has 2 N–H and O–H groups in total. The molecule has 0 spiro atoms. The summed E-state index contributed by atoms with van der Waals surface area (Å²) < 4.78 is 15.4. The average molecular weight is 315 g/mol. The van der Waals surface area contributed by atoms with E-state index < -0.39 is 6.09 Å². The van der Waals surface area contributed by atoms with Crippen molar-refractivity contribution in [1.29, 1.82) is 0 Å². The Morgan fingerprint density at radius 3 is 2.30 bits per heavy atom. The molecule has 2 rings (SSSR count). The molecule has 2 aromatic rings. The van der Waals surface area contributed by atoms with Crippen molar-refractivity contribution >= 4 is 6.09 Å². The molecule has 0 fully saturated rings. The molecule has 23 heavy (non-hydrogen) atoms. The standard InChI is InChI=1S/C18H21NO4/c1-21-16-10-9-14(12-17(16)22-2)6-3-5-13-7-4-8-15(11-13)23-18(19)20/h4,7-12H,3,5-6H2,1-2H3,(H2,19,20). The minimum absolute atomic E-state index is 0.473. The van der Waals surface area contributed by atoms with E-state index in [1.54, 1.807) is 20.3 Å². The molecule has 0 bridgehead atoms. The molecule has 0 heterocycles. The van der Waals surface area contributed by atoms with E-state index in [-0.39, 0.29) is 0 Å². The van der Waals surface area contributed by atoms with E-state index in [4.69, 9.17) is 19.9 Å². The summed E-state index contributed by atoms with van der Waals surface area (Å²) in [7, 11) is 3.25. The van der Waals surface area contributed by atoms with Gasteiger partial charge in [0.15, 0.2) is 11.5 Å². The van der Waals surface area contributed by atoms with Crippen molar-refractivity contribution in [3.63, 3.8) is 0 Å². The Hall–Kier alpha value is -2.69. The van der Waals surface area contributed by atoms with Crippen molar-refractivity contribution in [3.05, 3.63) is 53.6 Å².